The number of rotatable bonds is 8. The average molecular weight is 498 g/mol. The van der Waals surface area contributed by atoms with Gasteiger partial charge in [-0.1, -0.05) is 23.9 Å². The highest BCUT2D eigenvalue weighted by molar-refractivity contribution is 7.98. The fourth-order valence-electron chi connectivity index (χ4n) is 3.61. The Morgan fingerprint density at radius 1 is 1.12 bits per heavy atom. The molecule has 4 aromatic rings. The lowest BCUT2D eigenvalue weighted by Crippen LogP contribution is -2.37. The zero-order valence-electron chi connectivity index (χ0n) is 18.7. The van der Waals surface area contributed by atoms with E-state index in [-0.39, 0.29) is 5.82 Å². The fraction of sp³-hybridized carbons (Fsp3) is 0.292. The third-order valence-corrected chi connectivity index (χ3v) is 7.13. The van der Waals surface area contributed by atoms with Gasteiger partial charge in [0.15, 0.2) is 5.16 Å². The molecule has 1 aliphatic heterocycles. The molecule has 1 fully saturated rings. The van der Waals surface area contributed by atoms with Gasteiger partial charge in [-0.2, -0.15) is 0 Å². The molecule has 0 aliphatic carbocycles. The Morgan fingerprint density at radius 3 is 2.74 bits per heavy atom. The number of nitrogens with zero attached hydrogens (tertiary/aromatic N) is 5. The van der Waals surface area contributed by atoms with Crippen LogP contribution in [0.5, 0.6) is 5.75 Å². The maximum atomic E-state index is 13.1. The van der Waals surface area contributed by atoms with Crippen LogP contribution in [0.1, 0.15) is 16.3 Å². The van der Waals surface area contributed by atoms with Crippen molar-refractivity contribution in [1.29, 1.82) is 0 Å². The number of hydrogen-bond donors (Lipinski definition) is 0. The zero-order chi connectivity index (χ0) is 23.3. The van der Waals surface area contributed by atoms with E-state index in [0.717, 1.165) is 40.6 Å². The molecule has 0 saturated carbocycles. The molecule has 0 N–H and O–H groups in total. The molecule has 2 aromatic carbocycles. The minimum absolute atomic E-state index is 0.281. The summed E-state index contributed by atoms with van der Waals surface area (Å²) in [5, 5.41) is 12.8. The topological polar surface area (TPSA) is 65.3 Å². The van der Waals surface area contributed by atoms with Crippen molar-refractivity contribution < 1.29 is 13.9 Å². The van der Waals surface area contributed by atoms with Crippen molar-refractivity contribution in [3.05, 3.63) is 76.0 Å². The molecule has 0 amide bonds. The maximum Gasteiger partial charge on any atom is 0.232 e. The summed E-state index contributed by atoms with van der Waals surface area (Å²) in [7, 11) is 0. The Kier molecular flexibility index (Phi) is 7.08. The molecule has 2 aromatic heterocycles. The Balaban J connectivity index is 1.30. The summed E-state index contributed by atoms with van der Waals surface area (Å²) < 4.78 is 26.4. The van der Waals surface area contributed by atoms with Gasteiger partial charge < -0.3 is 14.4 Å². The van der Waals surface area contributed by atoms with E-state index in [1.54, 1.807) is 35.2 Å². The zero-order valence-corrected chi connectivity index (χ0v) is 20.3. The minimum Gasteiger partial charge on any atom is -0.486 e. The van der Waals surface area contributed by atoms with Gasteiger partial charge in [0.1, 0.15) is 23.2 Å². The molecule has 1 aliphatic rings. The second kappa shape index (κ2) is 10.5. The number of ether oxygens (including phenoxy) is 2. The van der Waals surface area contributed by atoms with Gasteiger partial charge in [-0.05, 0) is 48.9 Å². The summed E-state index contributed by atoms with van der Waals surface area (Å²) in [6.07, 6.45) is 0. The van der Waals surface area contributed by atoms with E-state index in [2.05, 4.69) is 55.8 Å². The summed E-state index contributed by atoms with van der Waals surface area (Å²) in [4.78, 5) is 6.90. The highest BCUT2D eigenvalue weighted by atomic mass is 32.2. The van der Waals surface area contributed by atoms with E-state index in [1.165, 1.54) is 17.7 Å². The molecule has 10 heteroatoms. The van der Waals surface area contributed by atoms with Gasteiger partial charge in [-0.25, -0.2) is 9.37 Å². The predicted molar refractivity (Wildman–Crippen MR) is 132 cm³/mol. The first kappa shape index (κ1) is 22.8. The summed E-state index contributed by atoms with van der Waals surface area (Å²) in [6.45, 7) is 5.38. The summed E-state index contributed by atoms with van der Waals surface area (Å²) in [5.74, 6) is 1.84. The summed E-state index contributed by atoms with van der Waals surface area (Å²) in [5.41, 5.74) is 3.18. The van der Waals surface area contributed by atoms with Crippen LogP contribution in [0, 0.1) is 12.7 Å². The minimum atomic E-state index is -0.281. The molecule has 3 heterocycles. The van der Waals surface area contributed by atoms with Crippen LogP contribution in [0.2, 0.25) is 0 Å². The number of halogens is 1. The molecule has 1 saturated heterocycles. The molecule has 176 valence electrons. The van der Waals surface area contributed by atoms with Gasteiger partial charge in [-0.15, -0.1) is 21.5 Å². The van der Waals surface area contributed by atoms with Gasteiger partial charge in [0.2, 0.25) is 5.95 Å². The van der Waals surface area contributed by atoms with Crippen LogP contribution in [-0.4, -0.2) is 46.1 Å². The Labute approximate surface area is 205 Å². The lowest BCUT2D eigenvalue weighted by atomic mass is 10.2. The largest absolute Gasteiger partial charge is 0.486 e. The lowest BCUT2D eigenvalue weighted by molar-refractivity contribution is 0.122. The summed E-state index contributed by atoms with van der Waals surface area (Å²) >= 11 is 3.16. The van der Waals surface area contributed by atoms with Gasteiger partial charge in [0.05, 0.1) is 24.6 Å². The van der Waals surface area contributed by atoms with E-state index in [4.69, 9.17) is 9.47 Å². The van der Waals surface area contributed by atoms with Crippen molar-refractivity contribution in [3.63, 3.8) is 0 Å². The molecule has 34 heavy (non-hydrogen) atoms. The van der Waals surface area contributed by atoms with Crippen molar-refractivity contribution in [2.24, 2.45) is 0 Å². The quantitative estimate of drug-likeness (QED) is 0.322. The highest BCUT2D eigenvalue weighted by Crippen LogP contribution is 2.30. The molecule has 7 nitrogen and oxygen atoms in total. The highest BCUT2D eigenvalue weighted by Gasteiger charge is 2.22. The van der Waals surface area contributed by atoms with Crippen molar-refractivity contribution >= 4 is 29.0 Å². The van der Waals surface area contributed by atoms with Gasteiger partial charge in [0, 0.05) is 24.2 Å². The average Bonchev–Trinajstić information content (AvgIpc) is 3.50. The second-order valence-electron chi connectivity index (χ2n) is 7.82. The van der Waals surface area contributed by atoms with E-state index in [9.17, 15) is 4.39 Å². The number of thiazole rings is 1. The standard InChI is InChI=1S/C24H24FN5O2S2/c1-17-3-2-4-20(13-17)30-23(29-9-11-31-12-10-29)27-28-24(30)34-16-19-15-33-22(26-19)14-32-21-7-5-18(25)6-8-21/h2-8,13,15H,9-12,14,16H2,1H3. The van der Waals surface area contributed by atoms with Crippen LogP contribution in [0.3, 0.4) is 0 Å². The molecule has 5 rings (SSSR count). The number of hydrogen-bond acceptors (Lipinski definition) is 8. The van der Waals surface area contributed by atoms with Crippen LogP contribution in [-0.2, 0) is 17.1 Å². The Bertz CT molecular complexity index is 1240. The second-order valence-corrected chi connectivity index (χ2v) is 9.71. The molecule has 0 bridgehead atoms. The number of thioether (sulfide) groups is 1. The van der Waals surface area contributed by atoms with E-state index >= 15 is 0 Å². The number of aromatic nitrogens is 4. The number of morpholine rings is 1. The maximum absolute atomic E-state index is 13.1. The Morgan fingerprint density at radius 2 is 1.94 bits per heavy atom. The van der Waals surface area contributed by atoms with Crippen LogP contribution in [0.25, 0.3) is 5.69 Å². The molecule has 0 unspecified atom stereocenters. The lowest BCUT2D eigenvalue weighted by Gasteiger charge is -2.28. The molecule has 0 atom stereocenters. The molecular weight excluding hydrogens is 473 g/mol. The van der Waals surface area contributed by atoms with Crippen LogP contribution in [0.15, 0.2) is 59.1 Å². The first-order valence-electron chi connectivity index (χ1n) is 11.0. The van der Waals surface area contributed by atoms with E-state index < -0.39 is 0 Å². The number of benzene rings is 2. The monoisotopic (exact) mass is 497 g/mol. The molecular formula is C24H24FN5O2S2. The summed E-state index contributed by atoms with van der Waals surface area (Å²) in [6, 6.07) is 14.4. The molecule has 0 spiro atoms. The van der Waals surface area contributed by atoms with E-state index in [1.807, 2.05) is 5.38 Å². The van der Waals surface area contributed by atoms with Crippen molar-refractivity contribution in [2.75, 3.05) is 31.2 Å². The number of anilines is 1. The van der Waals surface area contributed by atoms with Crippen LogP contribution in [0.4, 0.5) is 10.3 Å². The van der Waals surface area contributed by atoms with Crippen LogP contribution < -0.4 is 9.64 Å². The molecule has 0 radical (unpaired) electrons. The van der Waals surface area contributed by atoms with Crippen molar-refractivity contribution in [1.82, 2.24) is 19.7 Å². The van der Waals surface area contributed by atoms with Crippen molar-refractivity contribution in [3.8, 4) is 11.4 Å². The van der Waals surface area contributed by atoms with E-state index in [0.29, 0.717) is 31.3 Å². The fourth-order valence-corrected chi connectivity index (χ4v) is 5.26. The number of aryl methyl sites for hydroxylation is 1. The van der Waals surface area contributed by atoms with Gasteiger partial charge in [0.25, 0.3) is 0 Å². The predicted octanol–water partition coefficient (Wildman–Crippen LogP) is 4.88. The van der Waals surface area contributed by atoms with Gasteiger partial charge >= 0.3 is 0 Å². The normalized spacial score (nSPS) is 13.9. The first-order chi connectivity index (χ1) is 16.7. The Hall–Kier alpha value is -2.95. The third kappa shape index (κ3) is 5.40. The van der Waals surface area contributed by atoms with Gasteiger partial charge in [-0.3, -0.25) is 4.57 Å². The smallest absolute Gasteiger partial charge is 0.232 e. The van der Waals surface area contributed by atoms with Crippen molar-refractivity contribution in [2.45, 2.75) is 24.4 Å². The van der Waals surface area contributed by atoms with Crippen LogP contribution >= 0.6 is 23.1 Å². The third-order valence-electron chi connectivity index (χ3n) is 5.29. The SMILES string of the molecule is Cc1cccc(-n2c(SCc3csc(COc4ccc(F)cc4)n3)nnc2N2CCOCC2)c1. The first-order valence-corrected chi connectivity index (χ1v) is 12.8.